The summed E-state index contributed by atoms with van der Waals surface area (Å²) in [5.41, 5.74) is 8.08. The minimum absolute atomic E-state index is 0.0304. The van der Waals surface area contributed by atoms with E-state index >= 15 is 0 Å². The number of nitrogens with two attached hydrogens (primary N) is 1. The van der Waals surface area contributed by atoms with Crippen LogP contribution in [0.5, 0.6) is 5.75 Å². The molecule has 1 fully saturated rings. The van der Waals surface area contributed by atoms with Gasteiger partial charge in [0.25, 0.3) is 0 Å². The van der Waals surface area contributed by atoms with Crippen LogP contribution < -0.4 is 15.8 Å². The van der Waals surface area contributed by atoms with Gasteiger partial charge < -0.3 is 20.7 Å². The Morgan fingerprint density at radius 2 is 1.87 bits per heavy atom. The number of hydrogen-bond acceptors (Lipinski definition) is 4. The van der Waals surface area contributed by atoms with Crippen LogP contribution in [0.3, 0.4) is 0 Å². The van der Waals surface area contributed by atoms with E-state index in [0.29, 0.717) is 32.7 Å². The van der Waals surface area contributed by atoms with E-state index in [2.05, 4.69) is 10.2 Å². The quantitative estimate of drug-likeness (QED) is 0.710. The molecule has 166 valence electrons. The molecule has 0 saturated carbocycles. The molecule has 3 amide bonds. The van der Waals surface area contributed by atoms with Crippen molar-refractivity contribution in [3.8, 4) is 5.75 Å². The summed E-state index contributed by atoms with van der Waals surface area (Å²) in [7, 11) is 1.44. The van der Waals surface area contributed by atoms with Gasteiger partial charge in [-0.05, 0) is 35.7 Å². The van der Waals surface area contributed by atoms with Gasteiger partial charge in [0.1, 0.15) is 0 Å². The molecule has 8 heteroatoms. The predicted octanol–water partition coefficient (Wildman–Crippen LogP) is 2.59. The monoisotopic (exact) mass is 428 g/mol. The highest BCUT2D eigenvalue weighted by Gasteiger charge is 2.25. The second kappa shape index (κ2) is 10.3. The van der Waals surface area contributed by atoms with Gasteiger partial charge in [-0.15, -0.1) is 0 Å². The van der Waals surface area contributed by atoms with Gasteiger partial charge in [0.2, 0.25) is 5.91 Å². The lowest BCUT2D eigenvalue weighted by Gasteiger charge is -2.35. The van der Waals surface area contributed by atoms with Crippen LogP contribution in [0.15, 0.2) is 42.5 Å². The average molecular weight is 429 g/mol. The van der Waals surface area contributed by atoms with Crippen molar-refractivity contribution in [1.29, 1.82) is 0 Å². The number of rotatable bonds is 7. The normalized spacial score (nSPS) is 15.4. The molecule has 1 aliphatic rings. The standard InChI is InChI=1S/C23H29FN4O3/c1-16-5-3-4-6-18(16)20(26-23(25)30)14-22(29)28-11-9-27(10-12-28)15-17-7-8-21(31-2)19(24)13-17/h3-8,13,20H,9-12,14-15H2,1-2H3,(H3,25,26,30). The van der Waals surface area contributed by atoms with Crippen molar-refractivity contribution in [3.63, 3.8) is 0 Å². The fraction of sp³-hybridized carbons (Fsp3) is 0.391. The van der Waals surface area contributed by atoms with E-state index in [9.17, 15) is 14.0 Å². The first kappa shape index (κ1) is 22.6. The first-order valence-corrected chi connectivity index (χ1v) is 10.3. The molecule has 0 spiro atoms. The van der Waals surface area contributed by atoms with Gasteiger partial charge in [-0.1, -0.05) is 30.3 Å². The number of carbonyl (C=O) groups is 2. The van der Waals surface area contributed by atoms with Crippen molar-refractivity contribution in [3.05, 3.63) is 65.0 Å². The predicted molar refractivity (Wildman–Crippen MR) is 116 cm³/mol. The van der Waals surface area contributed by atoms with Crippen molar-refractivity contribution in [2.45, 2.75) is 25.9 Å². The smallest absolute Gasteiger partial charge is 0.312 e. The van der Waals surface area contributed by atoms with Crippen molar-refractivity contribution in [2.24, 2.45) is 5.73 Å². The van der Waals surface area contributed by atoms with E-state index in [1.165, 1.54) is 13.2 Å². The molecule has 0 aromatic heterocycles. The molecule has 3 rings (SSSR count). The molecule has 3 N–H and O–H groups in total. The van der Waals surface area contributed by atoms with Gasteiger partial charge in [-0.3, -0.25) is 9.69 Å². The summed E-state index contributed by atoms with van der Waals surface area (Å²) in [4.78, 5) is 28.4. The second-order valence-corrected chi connectivity index (χ2v) is 7.75. The third-order valence-electron chi connectivity index (χ3n) is 5.61. The molecule has 0 aliphatic carbocycles. The van der Waals surface area contributed by atoms with Crippen molar-refractivity contribution in [2.75, 3.05) is 33.3 Å². The number of benzene rings is 2. The number of urea groups is 1. The van der Waals surface area contributed by atoms with Crippen molar-refractivity contribution >= 4 is 11.9 Å². The van der Waals surface area contributed by atoms with Crippen LogP contribution in [0.2, 0.25) is 0 Å². The van der Waals surface area contributed by atoms with Crippen LogP contribution >= 0.6 is 0 Å². The van der Waals surface area contributed by atoms with Crippen LogP contribution in [0.4, 0.5) is 9.18 Å². The lowest BCUT2D eigenvalue weighted by Crippen LogP contribution is -2.49. The molecule has 1 heterocycles. The summed E-state index contributed by atoms with van der Waals surface area (Å²) < 4.78 is 18.9. The van der Waals surface area contributed by atoms with Crippen LogP contribution in [0.1, 0.15) is 29.2 Å². The fourth-order valence-corrected chi connectivity index (χ4v) is 3.91. The van der Waals surface area contributed by atoms with Crippen molar-refractivity contribution in [1.82, 2.24) is 15.1 Å². The van der Waals surface area contributed by atoms with Gasteiger partial charge in [0, 0.05) is 32.7 Å². The van der Waals surface area contributed by atoms with Gasteiger partial charge in [-0.2, -0.15) is 0 Å². The number of hydrogen-bond donors (Lipinski definition) is 2. The summed E-state index contributed by atoms with van der Waals surface area (Å²) in [5, 5.41) is 2.70. The topological polar surface area (TPSA) is 87.9 Å². The number of primary amides is 1. The minimum Gasteiger partial charge on any atom is -0.494 e. The molecule has 1 unspecified atom stereocenters. The first-order valence-electron chi connectivity index (χ1n) is 10.3. The lowest BCUT2D eigenvalue weighted by atomic mass is 9.98. The van der Waals surface area contributed by atoms with Crippen LogP contribution in [-0.2, 0) is 11.3 Å². The Hall–Kier alpha value is -3.13. The number of aryl methyl sites for hydroxylation is 1. The summed E-state index contributed by atoms with van der Waals surface area (Å²) in [6.45, 7) is 5.09. The maximum atomic E-state index is 13.9. The van der Waals surface area contributed by atoms with E-state index in [-0.39, 0.29) is 23.9 Å². The number of amides is 3. The van der Waals surface area contributed by atoms with E-state index in [1.807, 2.05) is 37.3 Å². The van der Waals surface area contributed by atoms with E-state index < -0.39 is 12.1 Å². The van der Waals surface area contributed by atoms with E-state index in [0.717, 1.165) is 16.7 Å². The molecule has 0 bridgehead atoms. The van der Waals surface area contributed by atoms with E-state index in [4.69, 9.17) is 10.5 Å². The Morgan fingerprint density at radius 1 is 1.16 bits per heavy atom. The Balaban J connectivity index is 1.57. The molecule has 2 aromatic rings. The number of halogens is 1. The first-order chi connectivity index (χ1) is 14.9. The molecule has 7 nitrogen and oxygen atoms in total. The Kier molecular flexibility index (Phi) is 7.46. The average Bonchev–Trinajstić information content (AvgIpc) is 2.74. The molecular formula is C23H29FN4O3. The summed E-state index contributed by atoms with van der Waals surface area (Å²) in [6.07, 6.45) is 0.150. The third-order valence-corrected chi connectivity index (χ3v) is 5.61. The number of nitrogens with one attached hydrogen (secondary N) is 1. The molecular weight excluding hydrogens is 399 g/mol. The van der Waals surface area contributed by atoms with Gasteiger partial charge in [-0.25, -0.2) is 9.18 Å². The highest BCUT2D eigenvalue weighted by molar-refractivity contribution is 5.79. The maximum absolute atomic E-state index is 13.9. The van der Waals surface area contributed by atoms with Crippen LogP contribution in [0, 0.1) is 12.7 Å². The Morgan fingerprint density at radius 3 is 2.48 bits per heavy atom. The number of piperazine rings is 1. The van der Waals surface area contributed by atoms with E-state index in [1.54, 1.807) is 11.0 Å². The highest BCUT2D eigenvalue weighted by atomic mass is 19.1. The lowest BCUT2D eigenvalue weighted by molar-refractivity contribution is -0.133. The van der Waals surface area contributed by atoms with Crippen molar-refractivity contribution < 1.29 is 18.7 Å². The largest absolute Gasteiger partial charge is 0.494 e. The van der Waals surface area contributed by atoms with Crippen LogP contribution in [0.25, 0.3) is 0 Å². The molecule has 0 radical (unpaired) electrons. The molecule has 1 saturated heterocycles. The number of nitrogens with zero attached hydrogens (tertiary/aromatic N) is 2. The molecule has 2 aromatic carbocycles. The van der Waals surface area contributed by atoms with Gasteiger partial charge in [0.05, 0.1) is 19.6 Å². The van der Waals surface area contributed by atoms with Gasteiger partial charge in [0.15, 0.2) is 11.6 Å². The molecule has 31 heavy (non-hydrogen) atoms. The minimum atomic E-state index is -0.655. The zero-order valence-corrected chi connectivity index (χ0v) is 17.9. The summed E-state index contributed by atoms with van der Waals surface area (Å²) in [5.74, 6) is -0.179. The second-order valence-electron chi connectivity index (χ2n) is 7.75. The molecule has 1 atom stereocenters. The zero-order valence-electron chi connectivity index (χ0n) is 17.9. The summed E-state index contributed by atoms with van der Waals surface area (Å²) in [6, 6.07) is 11.5. The Labute approximate surface area is 182 Å². The number of ether oxygens (including phenoxy) is 1. The highest BCUT2D eigenvalue weighted by Crippen LogP contribution is 2.23. The van der Waals surface area contributed by atoms with Gasteiger partial charge >= 0.3 is 6.03 Å². The Bertz CT molecular complexity index is 929. The maximum Gasteiger partial charge on any atom is 0.312 e. The molecule has 1 aliphatic heterocycles. The summed E-state index contributed by atoms with van der Waals surface area (Å²) >= 11 is 0. The fourth-order valence-electron chi connectivity index (χ4n) is 3.91. The third kappa shape index (κ3) is 5.95. The number of carbonyl (C=O) groups excluding carboxylic acids is 2. The number of methoxy groups -OCH3 is 1. The van der Waals surface area contributed by atoms with Crippen LogP contribution in [-0.4, -0.2) is 55.0 Å². The zero-order chi connectivity index (χ0) is 22.4. The SMILES string of the molecule is COc1ccc(CN2CCN(C(=O)CC(NC(N)=O)c3ccccc3C)CC2)cc1F.